The molecular weight excluding hydrogens is 387 g/mol. The molecule has 5 nitrogen and oxygen atoms in total. The number of ether oxygens (including phenoxy) is 1. The molecule has 3 N–H and O–H groups in total. The Morgan fingerprint density at radius 3 is 2.76 bits per heavy atom. The molecule has 9 heteroatoms. The standard InChI is InChI=1S/C12H15BrClFN2O3S/c1-2-20-7-3-6(4-7)17-21(18,19)9-5-8(14)10(13)12(16)11(9)15/h5-7,17H,2-4,16H2,1H3. The SMILES string of the molecule is CCOC1CC(NS(=O)(=O)c2cc(Cl)c(Br)c(N)c2F)C1. The number of hydrogen-bond donors (Lipinski definition) is 2. The van der Waals surface area contributed by atoms with E-state index in [9.17, 15) is 12.8 Å². The molecule has 0 amide bonds. The van der Waals surface area contributed by atoms with Crippen molar-refractivity contribution in [1.29, 1.82) is 0 Å². The Bertz CT molecular complexity index is 650. The Balaban J connectivity index is 2.18. The molecule has 21 heavy (non-hydrogen) atoms. The van der Waals surface area contributed by atoms with Crippen molar-refractivity contribution in [3.05, 3.63) is 21.4 Å². The van der Waals surface area contributed by atoms with Crippen LogP contribution < -0.4 is 10.5 Å². The summed E-state index contributed by atoms with van der Waals surface area (Å²) in [7, 11) is -4.02. The lowest BCUT2D eigenvalue weighted by atomic mass is 9.90. The van der Waals surface area contributed by atoms with Crippen LogP contribution in [0, 0.1) is 5.82 Å². The molecule has 1 aliphatic carbocycles. The predicted octanol–water partition coefficient (Wildman–Crippen LogP) is 2.67. The molecule has 118 valence electrons. The third-order valence-electron chi connectivity index (χ3n) is 3.27. The second-order valence-corrected chi connectivity index (χ2v) is 7.65. The zero-order chi connectivity index (χ0) is 15.8. The minimum Gasteiger partial charge on any atom is -0.395 e. The fraction of sp³-hybridized carbons (Fsp3) is 0.500. The van der Waals surface area contributed by atoms with E-state index in [0.29, 0.717) is 19.4 Å². The average Bonchev–Trinajstić information content (AvgIpc) is 2.38. The van der Waals surface area contributed by atoms with Crippen molar-refractivity contribution in [2.24, 2.45) is 0 Å². The van der Waals surface area contributed by atoms with Gasteiger partial charge in [0.05, 0.1) is 21.3 Å². The van der Waals surface area contributed by atoms with E-state index in [1.807, 2.05) is 6.92 Å². The van der Waals surface area contributed by atoms with E-state index in [-0.39, 0.29) is 27.3 Å². The number of rotatable bonds is 5. The number of nitrogens with one attached hydrogen (secondary N) is 1. The van der Waals surface area contributed by atoms with Gasteiger partial charge in [-0.15, -0.1) is 0 Å². The lowest BCUT2D eigenvalue weighted by Gasteiger charge is -2.35. The Kier molecular flexibility index (Phi) is 5.15. The maximum Gasteiger partial charge on any atom is 0.243 e. The van der Waals surface area contributed by atoms with Gasteiger partial charge in [0.2, 0.25) is 10.0 Å². The Labute approximate surface area is 136 Å². The van der Waals surface area contributed by atoms with Crippen molar-refractivity contribution in [2.75, 3.05) is 12.3 Å². The fourth-order valence-electron chi connectivity index (χ4n) is 2.11. The second-order valence-electron chi connectivity index (χ2n) is 4.77. The number of benzene rings is 1. The zero-order valence-corrected chi connectivity index (χ0v) is 14.4. The molecule has 0 bridgehead atoms. The van der Waals surface area contributed by atoms with Gasteiger partial charge in [0.1, 0.15) is 4.90 Å². The third-order valence-corrected chi connectivity index (χ3v) is 6.17. The van der Waals surface area contributed by atoms with Gasteiger partial charge < -0.3 is 10.5 Å². The van der Waals surface area contributed by atoms with E-state index in [0.717, 1.165) is 6.07 Å². The first kappa shape index (κ1) is 17.0. The summed E-state index contributed by atoms with van der Waals surface area (Å²) in [5, 5.41) is 0.0371. The molecule has 1 aromatic rings. The van der Waals surface area contributed by atoms with E-state index in [2.05, 4.69) is 20.7 Å². The van der Waals surface area contributed by atoms with Crippen molar-refractivity contribution >= 4 is 43.2 Å². The predicted molar refractivity (Wildman–Crippen MR) is 82.3 cm³/mol. The van der Waals surface area contributed by atoms with Crippen molar-refractivity contribution in [3.63, 3.8) is 0 Å². The summed E-state index contributed by atoms with van der Waals surface area (Å²) in [5.74, 6) is -1.01. The monoisotopic (exact) mass is 400 g/mol. The number of sulfonamides is 1. The van der Waals surface area contributed by atoms with Crippen LogP contribution in [0.3, 0.4) is 0 Å². The summed E-state index contributed by atoms with van der Waals surface area (Å²) < 4.78 is 46.4. The summed E-state index contributed by atoms with van der Waals surface area (Å²) in [6.07, 6.45) is 1.18. The highest BCUT2D eigenvalue weighted by atomic mass is 79.9. The largest absolute Gasteiger partial charge is 0.395 e. The summed E-state index contributed by atoms with van der Waals surface area (Å²) in [5.41, 5.74) is 5.17. The van der Waals surface area contributed by atoms with Gasteiger partial charge in [0.15, 0.2) is 5.82 Å². The fourth-order valence-corrected chi connectivity index (χ4v) is 4.05. The Hall–Kier alpha value is -0.410. The van der Waals surface area contributed by atoms with Crippen LogP contribution in [0.1, 0.15) is 19.8 Å². The van der Waals surface area contributed by atoms with Gasteiger partial charge in [0.25, 0.3) is 0 Å². The summed E-state index contributed by atoms with van der Waals surface area (Å²) in [4.78, 5) is -0.548. The molecule has 0 aromatic heterocycles. The van der Waals surface area contributed by atoms with Gasteiger partial charge in [-0.2, -0.15) is 0 Å². The van der Waals surface area contributed by atoms with E-state index >= 15 is 0 Å². The molecule has 0 saturated heterocycles. The van der Waals surface area contributed by atoms with Crippen molar-refractivity contribution < 1.29 is 17.5 Å². The first-order valence-electron chi connectivity index (χ1n) is 6.33. The minimum atomic E-state index is -4.02. The van der Waals surface area contributed by atoms with Gasteiger partial charge >= 0.3 is 0 Å². The maximum atomic E-state index is 14.1. The molecule has 0 spiro atoms. The summed E-state index contributed by atoms with van der Waals surface area (Å²) >= 11 is 8.84. The minimum absolute atomic E-state index is 0.0371. The number of anilines is 1. The zero-order valence-electron chi connectivity index (χ0n) is 11.2. The van der Waals surface area contributed by atoms with E-state index < -0.39 is 20.7 Å². The Morgan fingerprint density at radius 1 is 1.57 bits per heavy atom. The van der Waals surface area contributed by atoms with Crippen LogP contribution in [0.2, 0.25) is 5.02 Å². The molecule has 0 aliphatic heterocycles. The molecule has 2 rings (SSSR count). The van der Waals surface area contributed by atoms with Crippen LogP contribution in [0.4, 0.5) is 10.1 Å². The van der Waals surface area contributed by atoms with E-state index in [4.69, 9.17) is 22.1 Å². The highest BCUT2D eigenvalue weighted by Gasteiger charge is 2.34. The quantitative estimate of drug-likeness (QED) is 0.587. The number of nitrogen functional groups attached to an aromatic ring is 1. The van der Waals surface area contributed by atoms with Gasteiger partial charge in [-0.3, -0.25) is 0 Å². The van der Waals surface area contributed by atoms with Crippen LogP contribution in [-0.2, 0) is 14.8 Å². The van der Waals surface area contributed by atoms with Gasteiger partial charge in [0, 0.05) is 12.6 Å². The normalized spacial score (nSPS) is 22.1. The number of halogens is 3. The molecule has 0 heterocycles. The van der Waals surface area contributed by atoms with Gasteiger partial charge in [-0.25, -0.2) is 17.5 Å². The molecule has 1 aliphatic rings. The molecule has 1 aromatic carbocycles. The molecule has 1 fully saturated rings. The van der Waals surface area contributed by atoms with Crippen LogP contribution in [0.25, 0.3) is 0 Å². The lowest BCUT2D eigenvalue weighted by molar-refractivity contribution is -0.00476. The lowest BCUT2D eigenvalue weighted by Crippen LogP contribution is -2.47. The average molecular weight is 402 g/mol. The second kappa shape index (κ2) is 6.37. The topological polar surface area (TPSA) is 81.4 Å². The first-order valence-corrected chi connectivity index (χ1v) is 8.98. The van der Waals surface area contributed by atoms with Crippen molar-refractivity contribution in [2.45, 2.75) is 36.8 Å². The third kappa shape index (κ3) is 3.50. The summed E-state index contributed by atoms with van der Waals surface area (Å²) in [6.45, 7) is 2.46. The Morgan fingerprint density at radius 2 is 2.19 bits per heavy atom. The van der Waals surface area contributed by atoms with E-state index in [1.165, 1.54) is 0 Å². The summed E-state index contributed by atoms with van der Waals surface area (Å²) in [6, 6.07) is 0.771. The molecule has 0 radical (unpaired) electrons. The number of nitrogens with two attached hydrogens (primary N) is 1. The molecule has 1 saturated carbocycles. The number of hydrogen-bond acceptors (Lipinski definition) is 4. The van der Waals surface area contributed by atoms with Crippen LogP contribution in [-0.4, -0.2) is 27.2 Å². The van der Waals surface area contributed by atoms with Crippen LogP contribution in [0.5, 0.6) is 0 Å². The molecular formula is C12H15BrClFN2O3S. The first-order chi connectivity index (χ1) is 9.76. The van der Waals surface area contributed by atoms with Gasteiger partial charge in [-0.1, -0.05) is 11.6 Å². The van der Waals surface area contributed by atoms with Crippen molar-refractivity contribution in [3.8, 4) is 0 Å². The molecule has 0 atom stereocenters. The van der Waals surface area contributed by atoms with Crippen molar-refractivity contribution in [1.82, 2.24) is 4.72 Å². The smallest absolute Gasteiger partial charge is 0.243 e. The van der Waals surface area contributed by atoms with E-state index in [1.54, 1.807) is 0 Å². The van der Waals surface area contributed by atoms with Crippen LogP contribution in [0.15, 0.2) is 15.4 Å². The highest BCUT2D eigenvalue weighted by Crippen LogP contribution is 2.35. The van der Waals surface area contributed by atoms with Gasteiger partial charge in [-0.05, 0) is 41.8 Å². The maximum absolute atomic E-state index is 14.1. The molecule has 0 unspecified atom stereocenters. The van der Waals surface area contributed by atoms with Crippen LogP contribution >= 0.6 is 27.5 Å². The highest BCUT2D eigenvalue weighted by molar-refractivity contribution is 9.10.